The Morgan fingerprint density at radius 2 is 1.79 bits per heavy atom. The largest absolute Gasteiger partial charge is 0.339 e. The number of hydrogen-bond donors (Lipinski definition) is 1. The van der Waals surface area contributed by atoms with Gasteiger partial charge in [-0.25, -0.2) is 0 Å². The zero-order chi connectivity index (χ0) is 21.0. The van der Waals surface area contributed by atoms with E-state index in [0.717, 1.165) is 0 Å². The highest BCUT2D eigenvalue weighted by atomic mass is 32.1. The van der Waals surface area contributed by atoms with Crippen molar-refractivity contribution in [2.24, 2.45) is 5.92 Å². The third kappa shape index (κ3) is 4.85. The Labute approximate surface area is 175 Å². The van der Waals surface area contributed by atoms with Crippen LogP contribution in [0.3, 0.4) is 0 Å². The molecule has 29 heavy (non-hydrogen) atoms. The highest BCUT2D eigenvalue weighted by molar-refractivity contribution is 7.12. The first-order valence-electron chi connectivity index (χ1n) is 9.87. The van der Waals surface area contributed by atoms with Crippen LogP contribution in [0.1, 0.15) is 40.8 Å². The van der Waals surface area contributed by atoms with Gasteiger partial charge in [0.05, 0.1) is 4.88 Å². The van der Waals surface area contributed by atoms with E-state index >= 15 is 0 Å². The van der Waals surface area contributed by atoms with E-state index in [-0.39, 0.29) is 29.7 Å². The fourth-order valence-corrected chi connectivity index (χ4v) is 4.16. The predicted octanol–water partition coefficient (Wildman–Crippen LogP) is 2.88. The Hall–Kier alpha value is -2.67. The molecule has 3 rings (SSSR count). The van der Waals surface area contributed by atoms with Gasteiger partial charge in [-0.1, -0.05) is 38.1 Å². The van der Waals surface area contributed by atoms with E-state index in [4.69, 9.17) is 0 Å². The molecule has 154 valence electrons. The summed E-state index contributed by atoms with van der Waals surface area (Å²) in [6, 6.07) is 12.1. The average Bonchev–Trinajstić information content (AvgIpc) is 3.26. The molecule has 6 nitrogen and oxygen atoms in total. The number of rotatable bonds is 5. The van der Waals surface area contributed by atoms with Crippen molar-refractivity contribution >= 4 is 29.1 Å². The van der Waals surface area contributed by atoms with Gasteiger partial charge >= 0.3 is 0 Å². The molecule has 1 fully saturated rings. The Bertz CT molecular complexity index is 851. The molecule has 1 aromatic carbocycles. The number of benzene rings is 1. The third-order valence-electron chi connectivity index (χ3n) is 5.19. The fourth-order valence-electron chi connectivity index (χ4n) is 3.54. The summed E-state index contributed by atoms with van der Waals surface area (Å²) in [4.78, 5) is 42.5. The molecular weight excluding hydrogens is 386 g/mol. The predicted molar refractivity (Wildman–Crippen MR) is 114 cm³/mol. The molecule has 1 saturated heterocycles. The van der Waals surface area contributed by atoms with E-state index in [0.29, 0.717) is 30.1 Å². The Kier molecular flexibility index (Phi) is 6.69. The van der Waals surface area contributed by atoms with Gasteiger partial charge in [-0.05, 0) is 36.4 Å². The molecule has 1 aromatic heterocycles. The number of nitrogens with one attached hydrogen (secondary N) is 1. The van der Waals surface area contributed by atoms with E-state index in [1.165, 1.54) is 11.3 Å². The van der Waals surface area contributed by atoms with Gasteiger partial charge in [0, 0.05) is 31.2 Å². The minimum Gasteiger partial charge on any atom is -0.339 e. The molecule has 0 aliphatic carbocycles. The van der Waals surface area contributed by atoms with E-state index in [1.54, 1.807) is 11.0 Å². The minimum absolute atomic E-state index is 0.0170. The van der Waals surface area contributed by atoms with Crippen LogP contribution in [0, 0.1) is 5.92 Å². The van der Waals surface area contributed by atoms with Crippen molar-refractivity contribution < 1.29 is 14.4 Å². The summed E-state index contributed by atoms with van der Waals surface area (Å²) in [5.41, 5.74) is 0.655. The maximum absolute atomic E-state index is 13.1. The summed E-state index contributed by atoms with van der Waals surface area (Å²) in [5.74, 6) is -0.371. The van der Waals surface area contributed by atoms with E-state index in [9.17, 15) is 14.4 Å². The van der Waals surface area contributed by atoms with Crippen molar-refractivity contribution in [1.82, 2.24) is 15.1 Å². The molecule has 1 aliphatic rings. The maximum atomic E-state index is 13.1. The molecule has 7 heteroatoms. The molecule has 0 spiro atoms. The molecule has 1 aliphatic heterocycles. The maximum Gasteiger partial charge on any atom is 0.262 e. The van der Waals surface area contributed by atoms with Gasteiger partial charge in [0.2, 0.25) is 5.91 Å². The monoisotopic (exact) mass is 413 g/mol. The summed E-state index contributed by atoms with van der Waals surface area (Å²) >= 11 is 1.35. The summed E-state index contributed by atoms with van der Waals surface area (Å²) in [6.07, 6.45) is 0. The summed E-state index contributed by atoms with van der Waals surface area (Å²) < 4.78 is 0. The average molecular weight is 414 g/mol. The van der Waals surface area contributed by atoms with Crippen LogP contribution in [0.15, 0.2) is 47.8 Å². The fraction of sp³-hybridized carbons (Fsp3) is 0.409. The van der Waals surface area contributed by atoms with Gasteiger partial charge in [0.15, 0.2) is 0 Å². The Morgan fingerprint density at radius 1 is 1.07 bits per heavy atom. The van der Waals surface area contributed by atoms with Crippen LogP contribution in [-0.4, -0.2) is 59.2 Å². The van der Waals surface area contributed by atoms with Crippen LogP contribution < -0.4 is 5.32 Å². The second kappa shape index (κ2) is 9.22. The molecule has 0 saturated carbocycles. The Balaban J connectivity index is 1.65. The smallest absolute Gasteiger partial charge is 0.262 e. The van der Waals surface area contributed by atoms with Crippen LogP contribution in [0.4, 0.5) is 0 Å². The van der Waals surface area contributed by atoms with E-state index in [2.05, 4.69) is 5.32 Å². The van der Waals surface area contributed by atoms with Crippen LogP contribution in [0.25, 0.3) is 0 Å². The van der Waals surface area contributed by atoms with E-state index in [1.807, 2.05) is 67.4 Å². The van der Waals surface area contributed by atoms with Crippen LogP contribution in [-0.2, 0) is 4.79 Å². The topological polar surface area (TPSA) is 69.7 Å². The quantitative estimate of drug-likeness (QED) is 0.819. The first-order valence-corrected chi connectivity index (χ1v) is 10.8. The highest BCUT2D eigenvalue weighted by Gasteiger charge is 2.35. The molecule has 2 atom stereocenters. The van der Waals surface area contributed by atoms with Gasteiger partial charge in [0.1, 0.15) is 6.04 Å². The number of hydrogen-bond acceptors (Lipinski definition) is 4. The molecule has 2 unspecified atom stereocenters. The van der Waals surface area contributed by atoms with Gasteiger partial charge in [-0.2, -0.15) is 0 Å². The lowest BCUT2D eigenvalue weighted by atomic mass is 10.0. The van der Waals surface area contributed by atoms with Crippen molar-refractivity contribution in [1.29, 1.82) is 0 Å². The third-order valence-corrected chi connectivity index (χ3v) is 6.05. The van der Waals surface area contributed by atoms with Gasteiger partial charge in [-0.3, -0.25) is 14.4 Å². The van der Waals surface area contributed by atoms with Crippen molar-refractivity contribution in [3.05, 3.63) is 58.3 Å². The number of piperazine rings is 1. The van der Waals surface area contributed by atoms with Crippen molar-refractivity contribution in [2.45, 2.75) is 32.9 Å². The normalized spacial score (nSPS) is 17.9. The standard InChI is InChI=1S/C22H27N3O3S/c1-15(2)19(23-20(26)18-10-7-13-29-18)22(28)24-11-12-25(16(3)14-24)21(27)17-8-5-4-6-9-17/h4-10,13,15-16,19H,11-12,14H2,1-3H3,(H,23,26). The Morgan fingerprint density at radius 3 is 2.38 bits per heavy atom. The second-order valence-corrected chi connectivity index (χ2v) is 8.62. The lowest BCUT2D eigenvalue weighted by molar-refractivity contribution is -0.136. The van der Waals surface area contributed by atoms with Gasteiger partial charge in [-0.15, -0.1) is 11.3 Å². The zero-order valence-corrected chi connectivity index (χ0v) is 17.8. The number of carbonyl (C=O) groups is 3. The number of carbonyl (C=O) groups excluding carboxylic acids is 3. The molecule has 2 aromatic rings. The zero-order valence-electron chi connectivity index (χ0n) is 17.0. The lowest BCUT2D eigenvalue weighted by Crippen LogP contribution is -2.59. The van der Waals surface area contributed by atoms with E-state index < -0.39 is 6.04 Å². The summed E-state index contributed by atoms with van der Waals surface area (Å²) in [5, 5.41) is 4.73. The van der Waals surface area contributed by atoms with Crippen LogP contribution >= 0.6 is 11.3 Å². The first kappa shape index (κ1) is 21.0. The molecule has 0 radical (unpaired) electrons. The summed E-state index contributed by atoms with van der Waals surface area (Å²) in [6.45, 7) is 7.19. The van der Waals surface area contributed by atoms with Crippen molar-refractivity contribution in [3.63, 3.8) is 0 Å². The van der Waals surface area contributed by atoms with Crippen LogP contribution in [0.2, 0.25) is 0 Å². The number of nitrogens with zero attached hydrogens (tertiary/aromatic N) is 2. The number of thiophene rings is 1. The SMILES string of the molecule is CC(C)C(NC(=O)c1cccs1)C(=O)N1CCN(C(=O)c2ccccc2)C(C)C1. The highest BCUT2D eigenvalue weighted by Crippen LogP contribution is 2.17. The molecule has 1 N–H and O–H groups in total. The van der Waals surface area contributed by atoms with Gasteiger partial charge < -0.3 is 15.1 Å². The molecule has 2 heterocycles. The first-order chi connectivity index (χ1) is 13.9. The number of amides is 3. The second-order valence-electron chi connectivity index (χ2n) is 7.67. The van der Waals surface area contributed by atoms with Crippen molar-refractivity contribution in [3.8, 4) is 0 Å². The van der Waals surface area contributed by atoms with Crippen molar-refractivity contribution in [2.75, 3.05) is 19.6 Å². The van der Waals surface area contributed by atoms with Gasteiger partial charge in [0.25, 0.3) is 11.8 Å². The molecule has 0 bridgehead atoms. The lowest BCUT2D eigenvalue weighted by Gasteiger charge is -2.41. The molecule has 3 amide bonds. The summed E-state index contributed by atoms with van der Waals surface area (Å²) in [7, 11) is 0. The molecular formula is C22H27N3O3S. The van der Waals surface area contributed by atoms with Crippen LogP contribution in [0.5, 0.6) is 0 Å². The minimum atomic E-state index is -0.590.